The lowest BCUT2D eigenvalue weighted by Gasteiger charge is -2.35. The van der Waals surface area contributed by atoms with Crippen LogP contribution in [0.1, 0.15) is 5.56 Å². The van der Waals surface area contributed by atoms with Crippen molar-refractivity contribution in [3.05, 3.63) is 29.8 Å². The second-order valence-electron chi connectivity index (χ2n) is 4.42. The van der Waals surface area contributed by atoms with E-state index in [1.165, 1.54) is 5.56 Å². The Morgan fingerprint density at radius 3 is 3.18 bits per heavy atom. The quantitative estimate of drug-likeness (QED) is 0.794. The number of nitrogens with one attached hydrogen (secondary N) is 1. The largest absolute Gasteiger partial charge is 0.497 e. The first-order valence-corrected chi connectivity index (χ1v) is 6.11. The molecule has 1 aromatic rings. The molecule has 4 heteroatoms. The van der Waals surface area contributed by atoms with Crippen LogP contribution in [-0.4, -0.2) is 44.2 Å². The van der Waals surface area contributed by atoms with Crippen molar-refractivity contribution in [2.45, 2.75) is 12.6 Å². The SMILES string of the molecule is COc1cccc(CN2CCNCC2CN)c1. The minimum absolute atomic E-state index is 0.440. The van der Waals surface area contributed by atoms with E-state index < -0.39 is 0 Å². The van der Waals surface area contributed by atoms with Crippen molar-refractivity contribution in [2.75, 3.05) is 33.3 Å². The molecule has 1 atom stereocenters. The first-order chi connectivity index (χ1) is 8.33. The van der Waals surface area contributed by atoms with Crippen molar-refractivity contribution in [1.29, 1.82) is 0 Å². The minimum atomic E-state index is 0.440. The number of piperazine rings is 1. The highest BCUT2D eigenvalue weighted by atomic mass is 16.5. The number of methoxy groups -OCH3 is 1. The van der Waals surface area contributed by atoms with Gasteiger partial charge in [0.2, 0.25) is 0 Å². The maximum atomic E-state index is 5.80. The van der Waals surface area contributed by atoms with Crippen LogP contribution in [0.25, 0.3) is 0 Å². The monoisotopic (exact) mass is 235 g/mol. The van der Waals surface area contributed by atoms with E-state index in [1.807, 2.05) is 12.1 Å². The summed E-state index contributed by atoms with van der Waals surface area (Å²) in [6, 6.07) is 8.68. The van der Waals surface area contributed by atoms with Crippen molar-refractivity contribution < 1.29 is 4.74 Å². The minimum Gasteiger partial charge on any atom is -0.497 e. The van der Waals surface area contributed by atoms with Gasteiger partial charge < -0.3 is 15.8 Å². The summed E-state index contributed by atoms with van der Waals surface area (Å²) in [6.07, 6.45) is 0. The number of benzene rings is 1. The molecule has 1 heterocycles. The molecule has 0 radical (unpaired) electrons. The number of ether oxygens (including phenoxy) is 1. The second-order valence-corrected chi connectivity index (χ2v) is 4.42. The van der Waals surface area contributed by atoms with E-state index in [1.54, 1.807) is 7.11 Å². The molecule has 1 aliphatic rings. The zero-order valence-electron chi connectivity index (χ0n) is 10.4. The molecule has 1 fully saturated rings. The van der Waals surface area contributed by atoms with Crippen molar-refractivity contribution in [2.24, 2.45) is 5.73 Å². The maximum Gasteiger partial charge on any atom is 0.119 e. The molecular formula is C13H21N3O. The zero-order valence-corrected chi connectivity index (χ0v) is 10.4. The molecule has 0 aromatic heterocycles. The van der Waals surface area contributed by atoms with Gasteiger partial charge >= 0.3 is 0 Å². The van der Waals surface area contributed by atoms with Gasteiger partial charge in [-0.1, -0.05) is 12.1 Å². The van der Waals surface area contributed by atoms with Crippen LogP contribution in [0.4, 0.5) is 0 Å². The fraction of sp³-hybridized carbons (Fsp3) is 0.538. The smallest absolute Gasteiger partial charge is 0.119 e. The van der Waals surface area contributed by atoms with Crippen LogP contribution in [0.2, 0.25) is 0 Å². The summed E-state index contributed by atoms with van der Waals surface area (Å²) < 4.78 is 5.24. The highest BCUT2D eigenvalue weighted by Gasteiger charge is 2.20. The van der Waals surface area contributed by atoms with E-state index in [4.69, 9.17) is 10.5 Å². The van der Waals surface area contributed by atoms with Gasteiger partial charge in [-0.05, 0) is 17.7 Å². The lowest BCUT2D eigenvalue weighted by atomic mass is 10.1. The van der Waals surface area contributed by atoms with Crippen molar-refractivity contribution in [3.8, 4) is 5.75 Å². The maximum absolute atomic E-state index is 5.80. The summed E-state index contributed by atoms with van der Waals surface area (Å²) in [5, 5.41) is 3.38. The fourth-order valence-corrected chi connectivity index (χ4v) is 2.25. The van der Waals surface area contributed by atoms with Crippen molar-refractivity contribution >= 4 is 0 Å². The molecule has 1 unspecified atom stereocenters. The average molecular weight is 235 g/mol. The fourth-order valence-electron chi connectivity index (χ4n) is 2.25. The van der Waals surface area contributed by atoms with E-state index in [0.29, 0.717) is 12.6 Å². The molecule has 1 aromatic carbocycles. The molecule has 0 amide bonds. The van der Waals surface area contributed by atoms with Crippen LogP contribution < -0.4 is 15.8 Å². The van der Waals surface area contributed by atoms with Gasteiger partial charge in [-0.25, -0.2) is 0 Å². The van der Waals surface area contributed by atoms with Crippen LogP contribution in [0.3, 0.4) is 0 Å². The van der Waals surface area contributed by atoms with Gasteiger partial charge in [0.15, 0.2) is 0 Å². The first-order valence-electron chi connectivity index (χ1n) is 6.11. The highest BCUT2D eigenvalue weighted by Crippen LogP contribution is 2.15. The molecule has 1 aliphatic heterocycles. The normalized spacial score (nSPS) is 21.4. The standard InChI is InChI=1S/C13H21N3O/c1-17-13-4-2-3-11(7-13)10-16-6-5-15-9-12(16)8-14/h2-4,7,12,15H,5-6,8-10,14H2,1H3. The van der Waals surface area contributed by atoms with Gasteiger partial charge in [0.25, 0.3) is 0 Å². The van der Waals surface area contributed by atoms with E-state index >= 15 is 0 Å². The van der Waals surface area contributed by atoms with Crippen LogP contribution in [0, 0.1) is 0 Å². The third-order valence-electron chi connectivity index (χ3n) is 3.26. The Kier molecular flexibility index (Phi) is 4.36. The average Bonchev–Trinajstić information content (AvgIpc) is 2.39. The van der Waals surface area contributed by atoms with Crippen LogP contribution in [0.15, 0.2) is 24.3 Å². The molecule has 94 valence electrons. The lowest BCUT2D eigenvalue weighted by Crippen LogP contribution is -2.53. The Labute approximate surface area is 103 Å². The van der Waals surface area contributed by atoms with Gasteiger partial charge in [0.05, 0.1) is 7.11 Å². The number of nitrogens with zero attached hydrogens (tertiary/aromatic N) is 1. The first kappa shape index (κ1) is 12.4. The van der Waals surface area contributed by atoms with E-state index in [9.17, 15) is 0 Å². The van der Waals surface area contributed by atoms with Crippen LogP contribution in [-0.2, 0) is 6.54 Å². The zero-order chi connectivity index (χ0) is 12.1. The molecular weight excluding hydrogens is 214 g/mol. The Bertz CT molecular complexity index is 356. The lowest BCUT2D eigenvalue weighted by molar-refractivity contribution is 0.157. The molecule has 0 saturated carbocycles. The molecule has 2 rings (SSSR count). The summed E-state index contributed by atoms with van der Waals surface area (Å²) in [6.45, 7) is 4.73. The van der Waals surface area contributed by atoms with Gasteiger partial charge in [-0.15, -0.1) is 0 Å². The highest BCUT2D eigenvalue weighted by molar-refractivity contribution is 5.28. The number of rotatable bonds is 4. The molecule has 1 saturated heterocycles. The summed E-state index contributed by atoms with van der Waals surface area (Å²) >= 11 is 0. The van der Waals surface area contributed by atoms with Crippen LogP contribution >= 0.6 is 0 Å². The third kappa shape index (κ3) is 3.19. The Balaban J connectivity index is 2.02. The predicted octanol–water partition coefficient (Wildman–Crippen LogP) is 0.428. The molecule has 17 heavy (non-hydrogen) atoms. The van der Waals surface area contributed by atoms with E-state index in [0.717, 1.165) is 31.9 Å². The van der Waals surface area contributed by atoms with Crippen molar-refractivity contribution in [1.82, 2.24) is 10.2 Å². The summed E-state index contributed by atoms with van der Waals surface area (Å²) in [5.74, 6) is 0.918. The Morgan fingerprint density at radius 1 is 1.53 bits per heavy atom. The summed E-state index contributed by atoms with van der Waals surface area (Å²) in [5.41, 5.74) is 7.08. The van der Waals surface area contributed by atoms with Crippen LogP contribution in [0.5, 0.6) is 5.75 Å². The molecule has 0 bridgehead atoms. The van der Waals surface area contributed by atoms with Gasteiger partial charge in [0, 0.05) is 38.8 Å². The summed E-state index contributed by atoms with van der Waals surface area (Å²) in [7, 11) is 1.70. The second kappa shape index (κ2) is 6.00. The van der Waals surface area contributed by atoms with E-state index in [2.05, 4.69) is 22.3 Å². The Morgan fingerprint density at radius 2 is 2.41 bits per heavy atom. The number of nitrogens with two attached hydrogens (primary N) is 1. The summed E-state index contributed by atoms with van der Waals surface area (Å²) in [4.78, 5) is 2.44. The van der Waals surface area contributed by atoms with Gasteiger partial charge in [-0.2, -0.15) is 0 Å². The predicted molar refractivity (Wildman–Crippen MR) is 69.1 cm³/mol. The third-order valence-corrected chi connectivity index (χ3v) is 3.26. The topological polar surface area (TPSA) is 50.5 Å². The number of hydrogen-bond acceptors (Lipinski definition) is 4. The molecule has 0 spiro atoms. The van der Waals surface area contributed by atoms with Crippen molar-refractivity contribution in [3.63, 3.8) is 0 Å². The van der Waals surface area contributed by atoms with Gasteiger partial charge in [0.1, 0.15) is 5.75 Å². The van der Waals surface area contributed by atoms with E-state index in [-0.39, 0.29) is 0 Å². The number of hydrogen-bond donors (Lipinski definition) is 2. The molecule has 3 N–H and O–H groups in total. The Hall–Kier alpha value is -1.10. The van der Waals surface area contributed by atoms with Gasteiger partial charge in [-0.3, -0.25) is 4.90 Å². The molecule has 4 nitrogen and oxygen atoms in total. The molecule has 0 aliphatic carbocycles.